The van der Waals surface area contributed by atoms with E-state index in [0.29, 0.717) is 37.2 Å². The normalized spacial score (nSPS) is 15.9. The van der Waals surface area contributed by atoms with Crippen molar-refractivity contribution >= 4 is 17.7 Å². The van der Waals surface area contributed by atoms with E-state index in [0.717, 1.165) is 0 Å². The average molecular weight is 278 g/mol. The fourth-order valence-corrected chi connectivity index (χ4v) is 2.21. The van der Waals surface area contributed by atoms with Gasteiger partial charge in [0.25, 0.3) is 0 Å². The fourth-order valence-electron chi connectivity index (χ4n) is 2.21. The summed E-state index contributed by atoms with van der Waals surface area (Å²) in [4.78, 5) is 24.3. The summed E-state index contributed by atoms with van der Waals surface area (Å²) in [5, 5.41) is 20.9. The minimum Gasteiger partial charge on any atom is -0.481 e. The largest absolute Gasteiger partial charge is 0.481 e. The smallest absolute Gasteiger partial charge is 0.321 e. The summed E-state index contributed by atoms with van der Waals surface area (Å²) in [6, 6.07) is 6.59. The zero-order valence-corrected chi connectivity index (χ0v) is 11.1. The third-order valence-electron chi connectivity index (χ3n) is 3.29. The number of rotatable bonds is 3. The molecule has 6 nitrogen and oxygen atoms in total. The summed E-state index contributed by atoms with van der Waals surface area (Å²) in [7, 11) is 0. The number of amides is 2. The maximum Gasteiger partial charge on any atom is 0.321 e. The molecule has 0 unspecified atom stereocenters. The number of benzene rings is 1. The van der Waals surface area contributed by atoms with Crippen LogP contribution in [0.5, 0.6) is 0 Å². The minimum absolute atomic E-state index is 0.0698. The molecule has 1 aromatic carbocycles. The number of carboxylic acids is 1. The molecule has 1 aliphatic rings. The molecule has 3 N–H and O–H groups in total. The van der Waals surface area contributed by atoms with Crippen LogP contribution in [0.1, 0.15) is 18.4 Å². The number of hydrogen-bond acceptors (Lipinski definition) is 3. The van der Waals surface area contributed by atoms with E-state index in [4.69, 9.17) is 5.11 Å². The molecule has 0 aliphatic carbocycles. The average Bonchev–Trinajstić information content (AvgIpc) is 2.39. The Morgan fingerprint density at radius 1 is 1.30 bits per heavy atom. The zero-order chi connectivity index (χ0) is 14.5. The standard InChI is InChI=1S/C14H18N2O4/c17-12-4-6-16(7-5-12)14(20)15-11-3-1-2-10(8-11)9-13(18)19/h1-3,8,12,17H,4-7,9H2,(H,15,20)(H,18,19). The first-order chi connectivity index (χ1) is 9.54. The van der Waals surface area contributed by atoms with Gasteiger partial charge in [-0.15, -0.1) is 0 Å². The number of urea groups is 1. The van der Waals surface area contributed by atoms with Crippen LogP contribution in [0, 0.1) is 0 Å². The highest BCUT2D eigenvalue weighted by molar-refractivity contribution is 5.89. The van der Waals surface area contributed by atoms with Gasteiger partial charge >= 0.3 is 12.0 Å². The maximum absolute atomic E-state index is 12.0. The number of likely N-dealkylation sites (tertiary alicyclic amines) is 1. The number of aliphatic carboxylic acids is 1. The zero-order valence-electron chi connectivity index (χ0n) is 11.1. The Kier molecular flexibility index (Phi) is 4.57. The molecule has 1 heterocycles. The highest BCUT2D eigenvalue weighted by Crippen LogP contribution is 2.15. The summed E-state index contributed by atoms with van der Waals surface area (Å²) in [6.07, 6.45) is 0.788. The Balaban J connectivity index is 1.95. The Morgan fingerprint density at radius 2 is 2.00 bits per heavy atom. The molecule has 0 aromatic heterocycles. The number of aliphatic hydroxyl groups is 1. The van der Waals surface area contributed by atoms with Crippen molar-refractivity contribution in [1.82, 2.24) is 4.90 Å². The molecule has 0 atom stereocenters. The van der Waals surface area contributed by atoms with Crippen molar-refractivity contribution in [3.8, 4) is 0 Å². The van der Waals surface area contributed by atoms with Crippen molar-refractivity contribution in [2.24, 2.45) is 0 Å². The number of aliphatic hydroxyl groups excluding tert-OH is 1. The highest BCUT2D eigenvalue weighted by Gasteiger charge is 2.21. The van der Waals surface area contributed by atoms with E-state index >= 15 is 0 Å². The number of carboxylic acid groups (broad SMARTS) is 1. The van der Waals surface area contributed by atoms with Crippen LogP contribution >= 0.6 is 0 Å². The second kappa shape index (κ2) is 6.38. The molecule has 0 spiro atoms. The molecule has 2 amide bonds. The topological polar surface area (TPSA) is 89.9 Å². The number of hydrogen-bond donors (Lipinski definition) is 3. The number of carbonyl (C=O) groups excluding carboxylic acids is 1. The molecular weight excluding hydrogens is 260 g/mol. The lowest BCUT2D eigenvalue weighted by molar-refractivity contribution is -0.136. The summed E-state index contributed by atoms with van der Waals surface area (Å²) >= 11 is 0. The van der Waals surface area contributed by atoms with Crippen LogP contribution in [-0.2, 0) is 11.2 Å². The summed E-state index contributed by atoms with van der Waals surface area (Å²) < 4.78 is 0. The van der Waals surface area contributed by atoms with E-state index in [-0.39, 0.29) is 18.6 Å². The number of anilines is 1. The lowest BCUT2D eigenvalue weighted by atomic mass is 10.1. The summed E-state index contributed by atoms with van der Waals surface area (Å²) in [5.74, 6) is -0.904. The van der Waals surface area contributed by atoms with Gasteiger partial charge in [-0.3, -0.25) is 4.79 Å². The molecular formula is C14H18N2O4. The van der Waals surface area contributed by atoms with Crippen molar-refractivity contribution in [3.05, 3.63) is 29.8 Å². The first kappa shape index (κ1) is 14.3. The molecule has 2 rings (SSSR count). The van der Waals surface area contributed by atoms with Crippen molar-refractivity contribution in [1.29, 1.82) is 0 Å². The first-order valence-corrected chi connectivity index (χ1v) is 6.59. The van der Waals surface area contributed by atoms with Gasteiger partial charge in [-0.05, 0) is 30.5 Å². The van der Waals surface area contributed by atoms with Gasteiger partial charge in [0.15, 0.2) is 0 Å². The molecule has 6 heteroatoms. The van der Waals surface area contributed by atoms with E-state index < -0.39 is 5.97 Å². The molecule has 0 bridgehead atoms. The molecule has 1 saturated heterocycles. The molecule has 20 heavy (non-hydrogen) atoms. The van der Waals surface area contributed by atoms with Crippen LogP contribution in [-0.4, -0.2) is 46.3 Å². The van der Waals surface area contributed by atoms with E-state index in [2.05, 4.69) is 5.32 Å². The lowest BCUT2D eigenvalue weighted by Gasteiger charge is -2.29. The van der Waals surface area contributed by atoms with Crippen LogP contribution in [0.25, 0.3) is 0 Å². The fraction of sp³-hybridized carbons (Fsp3) is 0.429. The van der Waals surface area contributed by atoms with Crippen LogP contribution < -0.4 is 5.32 Å². The third kappa shape index (κ3) is 3.96. The molecule has 1 fully saturated rings. The summed E-state index contributed by atoms with van der Waals surface area (Å²) in [5.41, 5.74) is 1.23. The Bertz CT molecular complexity index is 496. The molecule has 0 saturated carbocycles. The van der Waals surface area contributed by atoms with Gasteiger partial charge in [-0.25, -0.2) is 4.79 Å². The molecule has 108 valence electrons. The second-order valence-corrected chi connectivity index (χ2v) is 4.92. The van der Waals surface area contributed by atoms with Gasteiger partial charge in [0.1, 0.15) is 0 Å². The van der Waals surface area contributed by atoms with Gasteiger partial charge in [0.05, 0.1) is 12.5 Å². The van der Waals surface area contributed by atoms with Crippen LogP contribution in [0.4, 0.5) is 10.5 Å². The highest BCUT2D eigenvalue weighted by atomic mass is 16.4. The quantitative estimate of drug-likeness (QED) is 0.777. The number of nitrogens with one attached hydrogen (secondary N) is 1. The van der Waals surface area contributed by atoms with Crippen molar-refractivity contribution in [2.45, 2.75) is 25.4 Å². The van der Waals surface area contributed by atoms with Gasteiger partial charge in [0, 0.05) is 18.8 Å². The van der Waals surface area contributed by atoms with Crippen LogP contribution in [0.2, 0.25) is 0 Å². The van der Waals surface area contributed by atoms with Crippen LogP contribution in [0.3, 0.4) is 0 Å². The van der Waals surface area contributed by atoms with Crippen molar-refractivity contribution in [2.75, 3.05) is 18.4 Å². The molecule has 1 aliphatic heterocycles. The van der Waals surface area contributed by atoms with E-state index in [1.807, 2.05) is 0 Å². The lowest BCUT2D eigenvalue weighted by Crippen LogP contribution is -2.42. The maximum atomic E-state index is 12.0. The van der Waals surface area contributed by atoms with Crippen LogP contribution in [0.15, 0.2) is 24.3 Å². The summed E-state index contributed by atoms with van der Waals surface area (Å²) in [6.45, 7) is 1.06. The SMILES string of the molecule is O=C(O)Cc1cccc(NC(=O)N2CCC(O)CC2)c1. The van der Waals surface area contributed by atoms with Gasteiger partial charge in [0.2, 0.25) is 0 Å². The number of nitrogens with zero attached hydrogens (tertiary/aromatic N) is 1. The second-order valence-electron chi connectivity index (χ2n) is 4.92. The van der Waals surface area contributed by atoms with E-state index in [9.17, 15) is 14.7 Å². The third-order valence-corrected chi connectivity index (χ3v) is 3.29. The van der Waals surface area contributed by atoms with Gasteiger partial charge in [-0.1, -0.05) is 12.1 Å². The Labute approximate surface area is 117 Å². The molecule has 0 radical (unpaired) electrons. The minimum atomic E-state index is -0.904. The first-order valence-electron chi connectivity index (χ1n) is 6.59. The van der Waals surface area contributed by atoms with Crippen molar-refractivity contribution in [3.63, 3.8) is 0 Å². The predicted octanol–water partition coefficient (Wildman–Crippen LogP) is 1.30. The van der Waals surface area contributed by atoms with Gasteiger partial charge in [-0.2, -0.15) is 0 Å². The van der Waals surface area contributed by atoms with Crippen molar-refractivity contribution < 1.29 is 19.8 Å². The van der Waals surface area contributed by atoms with Gasteiger partial charge < -0.3 is 20.4 Å². The number of piperidine rings is 1. The monoisotopic (exact) mass is 278 g/mol. The number of carbonyl (C=O) groups is 2. The Morgan fingerprint density at radius 3 is 2.65 bits per heavy atom. The molecule has 1 aromatic rings. The van der Waals surface area contributed by atoms with E-state index in [1.165, 1.54) is 0 Å². The Hall–Kier alpha value is -2.08. The predicted molar refractivity (Wildman–Crippen MR) is 73.6 cm³/mol. The van der Waals surface area contributed by atoms with E-state index in [1.54, 1.807) is 29.2 Å².